The number of rotatable bonds is 15. The van der Waals surface area contributed by atoms with Gasteiger partial charge in [-0.3, -0.25) is 24.2 Å². The lowest BCUT2D eigenvalue weighted by Crippen LogP contribution is -2.54. The van der Waals surface area contributed by atoms with Gasteiger partial charge in [0, 0.05) is 30.1 Å². The van der Waals surface area contributed by atoms with Crippen LogP contribution in [0.1, 0.15) is 24.8 Å². The average molecular weight is 533 g/mol. The summed E-state index contributed by atoms with van der Waals surface area (Å²) >= 11 is 0. The van der Waals surface area contributed by atoms with Crippen molar-refractivity contribution in [1.29, 1.82) is 0 Å². The highest BCUT2D eigenvalue weighted by molar-refractivity contribution is 5.94. The number of hydrogen-bond acceptors (Lipinski definition) is 7. The van der Waals surface area contributed by atoms with Crippen molar-refractivity contribution in [1.82, 2.24) is 20.9 Å². The lowest BCUT2D eigenvalue weighted by Gasteiger charge is -2.22. The molecule has 0 aliphatic heterocycles. The van der Waals surface area contributed by atoms with Crippen molar-refractivity contribution in [3.05, 3.63) is 36.0 Å². The van der Waals surface area contributed by atoms with E-state index in [1.165, 1.54) is 0 Å². The molecule has 206 valence electrons. The van der Waals surface area contributed by atoms with Gasteiger partial charge >= 0.3 is 11.9 Å². The second kappa shape index (κ2) is 14.2. The molecule has 0 saturated heterocycles. The summed E-state index contributed by atoms with van der Waals surface area (Å²) in [5.41, 5.74) is 17.5. The summed E-state index contributed by atoms with van der Waals surface area (Å²) in [6, 6.07) is 3.46. The molecule has 2 aromatic rings. The van der Waals surface area contributed by atoms with Crippen LogP contribution in [0.4, 0.5) is 0 Å². The molecule has 3 unspecified atom stereocenters. The zero-order valence-electron chi connectivity index (χ0n) is 20.5. The smallest absolute Gasteiger partial charge is 0.326 e. The first-order valence-corrected chi connectivity index (χ1v) is 11.7. The molecule has 0 fully saturated rings. The van der Waals surface area contributed by atoms with Crippen LogP contribution in [0.25, 0.3) is 10.9 Å². The molecule has 1 aromatic heterocycles. The maximum Gasteiger partial charge on any atom is 0.326 e. The van der Waals surface area contributed by atoms with E-state index < -0.39 is 60.8 Å². The molecule has 15 heteroatoms. The molecule has 0 aliphatic rings. The summed E-state index contributed by atoms with van der Waals surface area (Å²) < 4.78 is 0. The van der Waals surface area contributed by atoms with Crippen molar-refractivity contribution in [2.75, 3.05) is 13.1 Å². The molecule has 1 aromatic carbocycles. The Balaban J connectivity index is 2.13. The molecular formula is C23H32N8O7. The predicted octanol–water partition coefficient (Wildman–Crippen LogP) is -2.26. The second-order valence-corrected chi connectivity index (χ2v) is 8.45. The molecule has 3 atom stereocenters. The second-order valence-electron chi connectivity index (χ2n) is 8.45. The third-order valence-corrected chi connectivity index (χ3v) is 5.47. The van der Waals surface area contributed by atoms with Crippen molar-refractivity contribution >= 4 is 46.5 Å². The Kier molecular flexibility index (Phi) is 11.0. The summed E-state index contributed by atoms with van der Waals surface area (Å²) in [6.07, 6.45) is 1.36. The summed E-state index contributed by atoms with van der Waals surface area (Å²) in [5, 5.41) is 26.3. The topological polar surface area (TPSA) is 268 Å². The van der Waals surface area contributed by atoms with Crippen LogP contribution >= 0.6 is 0 Å². The fraction of sp³-hybridized carbons (Fsp3) is 0.391. The van der Waals surface area contributed by atoms with E-state index in [0.717, 1.165) is 10.9 Å². The van der Waals surface area contributed by atoms with E-state index in [0.29, 0.717) is 5.56 Å². The van der Waals surface area contributed by atoms with E-state index >= 15 is 0 Å². The number of aromatic amines is 1. The molecule has 0 radical (unpaired) electrons. The van der Waals surface area contributed by atoms with Crippen LogP contribution < -0.4 is 33.2 Å². The van der Waals surface area contributed by atoms with Gasteiger partial charge in [0.05, 0.1) is 19.0 Å². The third kappa shape index (κ3) is 9.42. The number of H-pyrrole nitrogens is 1. The summed E-state index contributed by atoms with van der Waals surface area (Å²) in [5.74, 6) is -5.07. The number of carboxylic acids is 2. The average Bonchev–Trinajstić information content (AvgIpc) is 3.25. The van der Waals surface area contributed by atoms with Crippen molar-refractivity contribution in [3.8, 4) is 0 Å². The Bertz CT molecular complexity index is 1190. The Morgan fingerprint density at radius 1 is 1.00 bits per heavy atom. The van der Waals surface area contributed by atoms with E-state index in [2.05, 4.69) is 25.9 Å². The van der Waals surface area contributed by atoms with Crippen molar-refractivity contribution in [2.24, 2.45) is 22.2 Å². The van der Waals surface area contributed by atoms with Gasteiger partial charge in [0.25, 0.3) is 0 Å². The fourth-order valence-corrected chi connectivity index (χ4v) is 3.59. The molecule has 38 heavy (non-hydrogen) atoms. The monoisotopic (exact) mass is 532 g/mol. The Labute approximate surface area is 217 Å². The zero-order valence-corrected chi connectivity index (χ0v) is 20.5. The van der Waals surface area contributed by atoms with Gasteiger partial charge in [0.2, 0.25) is 17.7 Å². The molecule has 15 nitrogen and oxygen atoms in total. The van der Waals surface area contributed by atoms with Crippen molar-refractivity contribution in [2.45, 2.75) is 43.8 Å². The Morgan fingerprint density at radius 2 is 1.71 bits per heavy atom. The number of carboxylic acid groups (broad SMARTS) is 2. The normalized spacial score (nSPS) is 13.1. The Hall–Kier alpha value is -4.66. The molecule has 0 saturated carbocycles. The van der Waals surface area contributed by atoms with Gasteiger partial charge in [-0.05, 0) is 24.5 Å². The molecular weight excluding hydrogens is 500 g/mol. The van der Waals surface area contributed by atoms with Gasteiger partial charge in [-0.2, -0.15) is 0 Å². The molecule has 0 bridgehead atoms. The molecule has 1 heterocycles. The SMILES string of the molecule is NC(N)=NCCCC(NC(=O)C(Cc1c[nH]c2ccccc12)NC(=O)CNC(=O)C(N)CC(=O)O)C(=O)O. The number of aliphatic imine (C=N–C) groups is 1. The number of guanidine groups is 1. The number of benzene rings is 1. The summed E-state index contributed by atoms with van der Waals surface area (Å²) in [4.78, 5) is 66.9. The third-order valence-electron chi connectivity index (χ3n) is 5.47. The van der Waals surface area contributed by atoms with Crippen LogP contribution in [0.2, 0.25) is 0 Å². The van der Waals surface area contributed by atoms with Crippen LogP contribution in [-0.2, 0) is 30.4 Å². The lowest BCUT2D eigenvalue weighted by atomic mass is 10.0. The van der Waals surface area contributed by atoms with E-state index in [4.69, 9.17) is 22.3 Å². The molecule has 2 rings (SSSR count). The van der Waals surface area contributed by atoms with Crippen molar-refractivity contribution < 1.29 is 34.2 Å². The van der Waals surface area contributed by atoms with Gasteiger partial charge in [-0.1, -0.05) is 18.2 Å². The number of nitrogens with zero attached hydrogens (tertiary/aromatic N) is 1. The van der Waals surface area contributed by atoms with Gasteiger partial charge in [-0.15, -0.1) is 0 Å². The quantitative estimate of drug-likeness (QED) is 0.0674. The number of aliphatic carboxylic acids is 2. The first-order chi connectivity index (χ1) is 18.0. The maximum absolute atomic E-state index is 13.1. The van der Waals surface area contributed by atoms with E-state index in [1.54, 1.807) is 12.3 Å². The number of carbonyl (C=O) groups excluding carboxylic acids is 3. The van der Waals surface area contributed by atoms with Gasteiger partial charge in [0.1, 0.15) is 12.1 Å². The molecule has 0 spiro atoms. The number of amides is 3. The molecule has 0 aliphatic carbocycles. The highest BCUT2D eigenvalue weighted by atomic mass is 16.4. The van der Waals surface area contributed by atoms with Crippen LogP contribution in [0, 0.1) is 0 Å². The minimum atomic E-state index is -1.36. The highest BCUT2D eigenvalue weighted by Crippen LogP contribution is 2.19. The largest absolute Gasteiger partial charge is 0.481 e. The molecule has 3 amide bonds. The highest BCUT2D eigenvalue weighted by Gasteiger charge is 2.28. The number of hydrogen-bond donors (Lipinski definition) is 9. The number of para-hydroxylation sites is 1. The van der Waals surface area contributed by atoms with E-state index in [9.17, 15) is 29.1 Å². The number of nitrogens with one attached hydrogen (secondary N) is 4. The van der Waals surface area contributed by atoms with Crippen LogP contribution in [0.15, 0.2) is 35.5 Å². The van der Waals surface area contributed by atoms with Gasteiger partial charge in [-0.25, -0.2) is 4.79 Å². The van der Waals surface area contributed by atoms with E-state index in [-0.39, 0.29) is 31.8 Å². The first-order valence-electron chi connectivity index (χ1n) is 11.7. The fourth-order valence-electron chi connectivity index (χ4n) is 3.59. The Morgan fingerprint density at radius 3 is 2.37 bits per heavy atom. The van der Waals surface area contributed by atoms with Crippen LogP contribution in [0.5, 0.6) is 0 Å². The number of aromatic nitrogens is 1. The van der Waals surface area contributed by atoms with Crippen LogP contribution in [-0.4, -0.2) is 82.0 Å². The number of nitrogens with two attached hydrogens (primary N) is 3. The number of carbonyl (C=O) groups is 5. The van der Waals surface area contributed by atoms with Crippen molar-refractivity contribution in [3.63, 3.8) is 0 Å². The van der Waals surface area contributed by atoms with Gasteiger partial charge < -0.3 is 48.3 Å². The summed E-state index contributed by atoms with van der Waals surface area (Å²) in [7, 11) is 0. The zero-order chi connectivity index (χ0) is 28.2. The van der Waals surface area contributed by atoms with Crippen LogP contribution in [0.3, 0.4) is 0 Å². The minimum absolute atomic E-state index is 0.00833. The summed E-state index contributed by atoms with van der Waals surface area (Å²) in [6.45, 7) is -0.411. The minimum Gasteiger partial charge on any atom is -0.481 e. The lowest BCUT2D eigenvalue weighted by molar-refractivity contribution is -0.142. The van der Waals surface area contributed by atoms with E-state index in [1.807, 2.05) is 18.2 Å². The standard InChI is InChI=1S/C23H32N8O7/c24-14(9-19(33)34)20(35)29-11-18(32)30-17(8-12-10-28-15-5-2-1-4-13(12)15)21(36)31-16(22(37)38)6-3-7-27-23(25)26/h1-2,4-5,10,14,16-17,28H,3,6-9,11,24H2,(H,29,35)(H,30,32)(H,31,36)(H,33,34)(H,37,38)(H4,25,26,27). The first kappa shape index (κ1) is 29.6. The molecule has 12 N–H and O–H groups in total. The van der Waals surface area contributed by atoms with Gasteiger partial charge in [0.15, 0.2) is 5.96 Å². The number of fused-ring (bicyclic) bond motifs is 1. The maximum atomic E-state index is 13.1. The predicted molar refractivity (Wildman–Crippen MR) is 137 cm³/mol.